The maximum absolute atomic E-state index is 12.6. The van der Waals surface area contributed by atoms with Gasteiger partial charge in [0.25, 0.3) is 0 Å². The van der Waals surface area contributed by atoms with Crippen molar-refractivity contribution in [3.63, 3.8) is 0 Å². The fourth-order valence-electron chi connectivity index (χ4n) is 3.23. The van der Waals surface area contributed by atoms with Crippen molar-refractivity contribution in [1.82, 2.24) is 5.32 Å². The Balaban J connectivity index is 2.09. The number of amides is 1. The molecule has 1 amide bonds. The van der Waals surface area contributed by atoms with Gasteiger partial charge in [0.15, 0.2) is 0 Å². The molecule has 0 aliphatic heterocycles. The topological polar surface area (TPSA) is 55.1 Å². The molecule has 4 heteroatoms. The van der Waals surface area contributed by atoms with Gasteiger partial charge in [-0.2, -0.15) is 0 Å². The first-order chi connectivity index (χ1) is 10.0. The standard InChI is InChI=1S/C17H25ClN2O/c1-11(2)16(12-6-8-14(18)9-7-12)20-17(21)15-5-3-4-13(15)10-19/h6-9,11,13,15-16H,3-5,10,19H2,1-2H3,(H,20,21)/t13-,15-,16?/m1/s1. The minimum atomic E-state index is 0.0220. The molecule has 0 spiro atoms. The molecule has 2 rings (SSSR count). The number of hydrogen-bond donors (Lipinski definition) is 2. The number of carbonyl (C=O) groups excluding carboxylic acids is 1. The van der Waals surface area contributed by atoms with E-state index in [2.05, 4.69) is 19.2 Å². The highest BCUT2D eigenvalue weighted by Crippen LogP contribution is 2.32. The molecule has 116 valence electrons. The molecule has 3 N–H and O–H groups in total. The van der Waals surface area contributed by atoms with Gasteiger partial charge in [0.05, 0.1) is 6.04 Å². The van der Waals surface area contributed by atoms with E-state index in [4.69, 9.17) is 17.3 Å². The summed E-state index contributed by atoms with van der Waals surface area (Å²) in [5, 5.41) is 3.94. The van der Waals surface area contributed by atoms with Crippen LogP contribution in [0.3, 0.4) is 0 Å². The quantitative estimate of drug-likeness (QED) is 0.874. The molecule has 0 heterocycles. The number of hydrogen-bond acceptors (Lipinski definition) is 2. The monoisotopic (exact) mass is 308 g/mol. The minimum absolute atomic E-state index is 0.0220. The predicted molar refractivity (Wildman–Crippen MR) is 87.1 cm³/mol. The van der Waals surface area contributed by atoms with Crippen LogP contribution in [0.2, 0.25) is 5.02 Å². The van der Waals surface area contributed by atoms with E-state index in [-0.39, 0.29) is 17.9 Å². The van der Waals surface area contributed by atoms with E-state index in [1.807, 2.05) is 24.3 Å². The number of carbonyl (C=O) groups is 1. The lowest BCUT2D eigenvalue weighted by Gasteiger charge is -2.26. The van der Waals surface area contributed by atoms with E-state index >= 15 is 0 Å². The molecular formula is C17H25ClN2O. The van der Waals surface area contributed by atoms with Gasteiger partial charge in [-0.05, 0) is 48.9 Å². The fourth-order valence-corrected chi connectivity index (χ4v) is 3.36. The van der Waals surface area contributed by atoms with Gasteiger partial charge in [-0.25, -0.2) is 0 Å². The van der Waals surface area contributed by atoms with Crippen molar-refractivity contribution < 1.29 is 4.79 Å². The lowest BCUT2D eigenvalue weighted by Crippen LogP contribution is -2.39. The Morgan fingerprint density at radius 1 is 1.33 bits per heavy atom. The molecule has 21 heavy (non-hydrogen) atoms. The summed E-state index contributed by atoms with van der Waals surface area (Å²) < 4.78 is 0. The molecule has 0 saturated heterocycles. The van der Waals surface area contributed by atoms with E-state index in [0.29, 0.717) is 23.4 Å². The summed E-state index contributed by atoms with van der Waals surface area (Å²) in [6, 6.07) is 7.74. The average Bonchev–Trinajstić information content (AvgIpc) is 2.94. The third-order valence-corrected chi connectivity index (χ3v) is 4.74. The summed E-state index contributed by atoms with van der Waals surface area (Å²) >= 11 is 5.94. The third-order valence-electron chi connectivity index (χ3n) is 4.49. The van der Waals surface area contributed by atoms with Gasteiger partial charge in [0.1, 0.15) is 0 Å². The molecule has 1 saturated carbocycles. The smallest absolute Gasteiger partial charge is 0.223 e. The highest BCUT2D eigenvalue weighted by Gasteiger charge is 2.33. The Labute approximate surface area is 132 Å². The number of benzene rings is 1. The van der Waals surface area contributed by atoms with E-state index < -0.39 is 0 Å². The van der Waals surface area contributed by atoms with Gasteiger partial charge in [0.2, 0.25) is 5.91 Å². The molecule has 0 aromatic heterocycles. The fraction of sp³-hybridized carbons (Fsp3) is 0.588. The molecule has 1 aliphatic rings. The first kappa shape index (κ1) is 16.3. The summed E-state index contributed by atoms with van der Waals surface area (Å²) in [6.45, 7) is 4.84. The van der Waals surface area contributed by atoms with Gasteiger partial charge < -0.3 is 11.1 Å². The van der Waals surface area contributed by atoms with E-state index in [9.17, 15) is 4.79 Å². The average molecular weight is 309 g/mol. The van der Waals surface area contributed by atoms with Crippen LogP contribution < -0.4 is 11.1 Å². The Morgan fingerprint density at radius 2 is 2.00 bits per heavy atom. The molecule has 1 aromatic rings. The summed E-state index contributed by atoms with van der Waals surface area (Å²) in [7, 11) is 0. The zero-order chi connectivity index (χ0) is 15.4. The van der Waals surface area contributed by atoms with Crippen LogP contribution in [0.15, 0.2) is 24.3 Å². The Bertz CT molecular complexity index is 472. The minimum Gasteiger partial charge on any atom is -0.349 e. The molecule has 3 atom stereocenters. The second kappa shape index (κ2) is 7.28. The zero-order valence-corrected chi connectivity index (χ0v) is 13.6. The van der Waals surface area contributed by atoms with Crippen LogP contribution in [0.4, 0.5) is 0 Å². The largest absolute Gasteiger partial charge is 0.349 e. The van der Waals surface area contributed by atoms with Crippen LogP contribution in [-0.4, -0.2) is 12.5 Å². The lowest BCUT2D eigenvalue weighted by molar-refractivity contribution is -0.127. The molecular weight excluding hydrogens is 284 g/mol. The lowest BCUT2D eigenvalue weighted by atomic mass is 9.92. The van der Waals surface area contributed by atoms with Crippen molar-refractivity contribution in [2.75, 3.05) is 6.54 Å². The van der Waals surface area contributed by atoms with Gasteiger partial charge in [-0.3, -0.25) is 4.79 Å². The Morgan fingerprint density at radius 3 is 2.57 bits per heavy atom. The highest BCUT2D eigenvalue weighted by molar-refractivity contribution is 6.30. The number of halogens is 1. The van der Waals surface area contributed by atoms with Gasteiger partial charge in [-0.1, -0.05) is 44.0 Å². The van der Waals surface area contributed by atoms with Crippen LogP contribution in [0, 0.1) is 17.8 Å². The van der Waals surface area contributed by atoms with Crippen LogP contribution in [0.25, 0.3) is 0 Å². The van der Waals surface area contributed by atoms with E-state index in [0.717, 1.165) is 24.8 Å². The van der Waals surface area contributed by atoms with Crippen LogP contribution in [0.5, 0.6) is 0 Å². The van der Waals surface area contributed by atoms with Crippen molar-refractivity contribution in [2.24, 2.45) is 23.5 Å². The van der Waals surface area contributed by atoms with Crippen molar-refractivity contribution in [1.29, 1.82) is 0 Å². The Kier molecular flexibility index (Phi) is 5.65. The van der Waals surface area contributed by atoms with Crippen LogP contribution in [0.1, 0.15) is 44.7 Å². The van der Waals surface area contributed by atoms with E-state index in [1.54, 1.807) is 0 Å². The van der Waals surface area contributed by atoms with Crippen molar-refractivity contribution >= 4 is 17.5 Å². The molecule has 3 nitrogen and oxygen atoms in total. The second-order valence-electron chi connectivity index (χ2n) is 6.32. The first-order valence-electron chi connectivity index (χ1n) is 7.78. The summed E-state index contributed by atoms with van der Waals surface area (Å²) in [5.74, 6) is 0.885. The molecule has 1 unspecified atom stereocenters. The maximum atomic E-state index is 12.6. The molecule has 1 aromatic carbocycles. The van der Waals surface area contributed by atoms with E-state index in [1.165, 1.54) is 0 Å². The van der Waals surface area contributed by atoms with Crippen molar-refractivity contribution in [3.8, 4) is 0 Å². The number of rotatable bonds is 5. The van der Waals surface area contributed by atoms with Crippen molar-refractivity contribution in [2.45, 2.75) is 39.2 Å². The summed E-state index contributed by atoms with van der Waals surface area (Å²) in [4.78, 5) is 12.6. The Hall–Kier alpha value is -1.06. The molecule has 0 bridgehead atoms. The van der Waals surface area contributed by atoms with Gasteiger partial charge in [-0.15, -0.1) is 0 Å². The molecule has 1 aliphatic carbocycles. The first-order valence-corrected chi connectivity index (χ1v) is 8.16. The number of nitrogens with two attached hydrogens (primary N) is 1. The summed E-state index contributed by atoms with van der Waals surface area (Å²) in [6.07, 6.45) is 3.13. The van der Waals surface area contributed by atoms with Crippen molar-refractivity contribution in [3.05, 3.63) is 34.9 Å². The second-order valence-corrected chi connectivity index (χ2v) is 6.75. The SMILES string of the molecule is CC(C)C(NC(=O)[C@@H]1CCC[C@@H]1CN)c1ccc(Cl)cc1. The van der Waals surface area contributed by atoms with Crippen LogP contribution >= 0.6 is 11.6 Å². The third kappa shape index (κ3) is 3.98. The van der Waals surface area contributed by atoms with Crippen LogP contribution in [-0.2, 0) is 4.79 Å². The molecule has 1 fully saturated rings. The molecule has 0 radical (unpaired) electrons. The zero-order valence-electron chi connectivity index (χ0n) is 12.8. The predicted octanol–water partition coefficient (Wildman–Crippen LogP) is 3.53. The maximum Gasteiger partial charge on any atom is 0.223 e. The van der Waals surface area contributed by atoms with Gasteiger partial charge in [0, 0.05) is 10.9 Å². The summed E-state index contributed by atoms with van der Waals surface area (Å²) in [5.41, 5.74) is 6.89. The highest BCUT2D eigenvalue weighted by atomic mass is 35.5. The van der Waals surface area contributed by atoms with Gasteiger partial charge >= 0.3 is 0 Å². The number of nitrogens with one attached hydrogen (secondary N) is 1. The normalized spacial score (nSPS) is 23.3.